The molecule has 1 aromatic rings. The van der Waals surface area contributed by atoms with Crippen LogP contribution in [0, 0.1) is 15.0 Å². The van der Waals surface area contributed by atoms with Gasteiger partial charge in [-0.25, -0.2) is 4.79 Å². The highest BCUT2D eigenvalue weighted by atomic mass is 32.1. The van der Waals surface area contributed by atoms with Gasteiger partial charge in [-0.1, -0.05) is 11.3 Å². The molecule has 1 aromatic heterocycles. The normalized spacial score (nSPS) is 11.6. The van der Waals surface area contributed by atoms with Crippen LogP contribution in [0.4, 0.5) is 9.80 Å². The first-order valence-corrected chi connectivity index (χ1v) is 5.32. The summed E-state index contributed by atoms with van der Waals surface area (Å²) in [4.78, 5) is 41.6. The first-order valence-electron chi connectivity index (χ1n) is 4.50. The molecule has 0 spiro atoms. The third kappa shape index (κ3) is 3.59. The van der Waals surface area contributed by atoms with Crippen molar-refractivity contribution in [1.29, 1.82) is 0 Å². The number of ether oxygens (including phenoxy) is 1. The summed E-state index contributed by atoms with van der Waals surface area (Å²) in [6, 6.07) is 2.50. The van der Waals surface area contributed by atoms with E-state index < -0.39 is 29.4 Å². The van der Waals surface area contributed by atoms with E-state index in [9.17, 15) is 24.6 Å². The lowest BCUT2D eigenvalue weighted by Gasteiger charge is -2.11. The Morgan fingerprint density at radius 3 is 2.67 bits per heavy atom. The second kappa shape index (κ2) is 5.82. The van der Waals surface area contributed by atoms with Crippen molar-refractivity contribution in [1.82, 2.24) is 0 Å². The van der Waals surface area contributed by atoms with Gasteiger partial charge in [0.25, 0.3) is 5.91 Å². The van der Waals surface area contributed by atoms with Crippen LogP contribution in [0.15, 0.2) is 17.3 Å². The van der Waals surface area contributed by atoms with Gasteiger partial charge in [0.2, 0.25) is 0 Å². The number of nitrogens with zero attached hydrogens (tertiary/aromatic N) is 2. The number of hydrogen-bond acceptors (Lipinski definition) is 7. The molecule has 0 saturated heterocycles. The Bertz CT molecular complexity index is 499. The Kier molecular flexibility index (Phi) is 4.43. The summed E-state index contributed by atoms with van der Waals surface area (Å²) in [5.41, 5.74) is 4.80. The van der Waals surface area contributed by atoms with Crippen molar-refractivity contribution >= 4 is 28.3 Å². The van der Waals surface area contributed by atoms with Crippen molar-refractivity contribution in [3.8, 4) is 0 Å². The highest BCUT2D eigenvalue weighted by Crippen LogP contribution is 2.32. The van der Waals surface area contributed by atoms with E-state index in [0.717, 1.165) is 0 Å². The van der Waals surface area contributed by atoms with Gasteiger partial charge < -0.3 is 10.5 Å². The SMILES string of the molecule is NC(=O)OC(CC(=O)N=O)c1ccc([N+](=O)[O-])s1. The lowest BCUT2D eigenvalue weighted by atomic mass is 10.2. The Morgan fingerprint density at radius 2 is 2.22 bits per heavy atom. The molecular weight excluding hydrogens is 266 g/mol. The highest BCUT2D eigenvalue weighted by Gasteiger charge is 2.24. The third-order valence-corrected chi connectivity index (χ3v) is 2.96. The van der Waals surface area contributed by atoms with Crippen LogP contribution in [0.5, 0.6) is 0 Å². The molecule has 0 radical (unpaired) electrons. The van der Waals surface area contributed by atoms with Crippen LogP contribution in [0.1, 0.15) is 17.4 Å². The number of primary amides is 1. The van der Waals surface area contributed by atoms with Gasteiger partial charge in [0.15, 0.2) is 0 Å². The summed E-state index contributed by atoms with van der Waals surface area (Å²) < 4.78 is 4.61. The Labute approximate surface area is 104 Å². The number of amides is 2. The van der Waals surface area contributed by atoms with Gasteiger partial charge in [0, 0.05) is 11.2 Å². The lowest BCUT2D eigenvalue weighted by molar-refractivity contribution is -0.380. The zero-order valence-electron chi connectivity index (χ0n) is 8.77. The van der Waals surface area contributed by atoms with Crippen molar-refractivity contribution in [2.75, 3.05) is 0 Å². The largest absolute Gasteiger partial charge is 0.440 e. The average molecular weight is 273 g/mol. The number of carbonyl (C=O) groups excluding carboxylic acids is 2. The Hall–Kier alpha value is -2.36. The predicted molar refractivity (Wildman–Crippen MR) is 59.8 cm³/mol. The maximum absolute atomic E-state index is 10.9. The topological polar surface area (TPSA) is 142 Å². The lowest BCUT2D eigenvalue weighted by Crippen LogP contribution is -2.18. The molecule has 0 fully saturated rings. The van der Waals surface area contributed by atoms with E-state index in [1.54, 1.807) is 0 Å². The van der Waals surface area contributed by atoms with Crippen LogP contribution in [-0.4, -0.2) is 16.9 Å². The average Bonchev–Trinajstić information content (AvgIpc) is 2.76. The predicted octanol–water partition coefficient (Wildman–Crippen LogP) is 1.48. The van der Waals surface area contributed by atoms with Crippen LogP contribution in [0.25, 0.3) is 0 Å². The molecule has 0 aliphatic carbocycles. The fourth-order valence-electron chi connectivity index (χ4n) is 1.15. The van der Waals surface area contributed by atoms with E-state index in [0.29, 0.717) is 11.3 Å². The minimum Gasteiger partial charge on any atom is -0.440 e. The summed E-state index contributed by atoms with van der Waals surface area (Å²) in [5, 5.41) is 12.5. The molecule has 0 aliphatic rings. The Balaban J connectivity index is 2.93. The van der Waals surface area contributed by atoms with Crippen molar-refractivity contribution in [3.63, 3.8) is 0 Å². The van der Waals surface area contributed by atoms with E-state index in [-0.39, 0.29) is 9.88 Å². The molecule has 0 saturated carbocycles. The van der Waals surface area contributed by atoms with Gasteiger partial charge >= 0.3 is 11.1 Å². The van der Waals surface area contributed by atoms with E-state index in [2.05, 4.69) is 9.91 Å². The second-order valence-electron chi connectivity index (χ2n) is 3.05. The molecule has 9 nitrogen and oxygen atoms in total. The standard InChI is InChI=1S/C8H7N3O6S/c9-8(13)17-4(3-6(12)10-14)5-1-2-7(18-5)11(15)16/h1-2,4H,3H2,(H2,9,13). The van der Waals surface area contributed by atoms with Crippen LogP contribution in [-0.2, 0) is 9.53 Å². The molecule has 18 heavy (non-hydrogen) atoms. The number of nitrogens with two attached hydrogens (primary N) is 1. The fraction of sp³-hybridized carbons (Fsp3) is 0.250. The summed E-state index contributed by atoms with van der Waals surface area (Å²) >= 11 is 0.716. The van der Waals surface area contributed by atoms with Crippen LogP contribution >= 0.6 is 11.3 Å². The third-order valence-electron chi connectivity index (χ3n) is 1.83. The molecular formula is C8H7N3O6S. The number of thiophene rings is 1. The molecule has 0 aromatic carbocycles. The molecule has 96 valence electrons. The number of nitro groups is 1. The van der Waals surface area contributed by atoms with Gasteiger partial charge in [-0.2, -0.15) is 0 Å². The first kappa shape index (κ1) is 13.7. The highest BCUT2D eigenvalue weighted by molar-refractivity contribution is 7.15. The maximum Gasteiger partial charge on any atom is 0.405 e. The summed E-state index contributed by atoms with van der Waals surface area (Å²) in [6.07, 6.45) is -2.81. The summed E-state index contributed by atoms with van der Waals surface area (Å²) in [7, 11) is 0. The van der Waals surface area contributed by atoms with Crippen LogP contribution in [0.2, 0.25) is 0 Å². The molecule has 2 N–H and O–H groups in total. The number of hydrogen-bond donors (Lipinski definition) is 1. The molecule has 2 amide bonds. The van der Waals surface area contributed by atoms with E-state index >= 15 is 0 Å². The zero-order valence-corrected chi connectivity index (χ0v) is 9.59. The molecule has 0 bridgehead atoms. The molecule has 10 heteroatoms. The maximum atomic E-state index is 10.9. The van der Waals surface area contributed by atoms with E-state index in [4.69, 9.17) is 5.73 Å². The van der Waals surface area contributed by atoms with Crippen molar-refractivity contribution in [3.05, 3.63) is 32.0 Å². The number of nitroso groups, excluding NO2 is 1. The van der Waals surface area contributed by atoms with E-state index in [1.807, 2.05) is 0 Å². The van der Waals surface area contributed by atoms with Gasteiger partial charge in [-0.15, -0.1) is 4.91 Å². The smallest absolute Gasteiger partial charge is 0.405 e. The second-order valence-corrected chi connectivity index (χ2v) is 4.14. The van der Waals surface area contributed by atoms with Crippen molar-refractivity contribution < 1.29 is 19.2 Å². The van der Waals surface area contributed by atoms with E-state index in [1.165, 1.54) is 12.1 Å². The molecule has 1 rings (SSSR count). The van der Waals surface area contributed by atoms with Crippen LogP contribution in [0.3, 0.4) is 0 Å². The number of rotatable bonds is 5. The minimum atomic E-state index is -1.16. The molecule has 1 unspecified atom stereocenters. The zero-order chi connectivity index (χ0) is 13.7. The minimum absolute atomic E-state index is 0.186. The quantitative estimate of drug-likeness (QED) is 0.489. The fourth-order valence-corrected chi connectivity index (χ4v) is 2.00. The van der Waals surface area contributed by atoms with Gasteiger partial charge in [0.1, 0.15) is 6.10 Å². The first-order chi connectivity index (χ1) is 8.43. The molecule has 1 heterocycles. The van der Waals surface area contributed by atoms with Crippen LogP contribution < -0.4 is 5.73 Å². The monoisotopic (exact) mass is 273 g/mol. The van der Waals surface area contributed by atoms with Crippen molar-refractivity contribution in [2.24, 2.45) is 10.9 Å². The summed E-state index contributed by atoms with van der Waals surface area (Å²) in [5.74, 6) is -1.04. The summed E-state index contributed by atoms with van der Waals surface area (Å²) in [6.45, 7) is 0. The Morgan fingerprint density at radius 1 is 1.56 bits per heavy atom. The van der Waals surface area contributed by atoms with Gasteiger partial charge in [-0.3, -0.25) is 14.9 Å². The number of carbonyl (C=O) groups is 2. The van der Waals surface area contributed by atoms with Gasteiger partial charge in [0.05, 0.1) is 16.2 Å². The molecule has 0 aliphatic heterocycles. The molecule has 1 atom stereocenters. The van der Waals surface area contributed by atoms with Crippen molar-refractivity contribution in [2.45, 2.75) is 12.5 Å². The van der Waals surface area contributed by atoms with Gasteiger partial charge in [-0.05, 0) is 6.07 Å².